The van der Waals surface area contributed by atoms with E-state index in [1.54, 1.807) is 0 Å². The van der Waals surface area contributed by atoms with Gasteiger partial charge in [0.1, 0.15) is 0 Å². The highest BCUT2D eigenvalue weighted by Crippen LogP contribution is 2.34. The van der Waals surface area contributed by atoms with E-state index in [9.17, 15) is 0 Å². The molecule has 0 saturated carbocycles. The molecule has 2 aliphatic rings. The lowest BCUT2D eigenvalue weighted by molar-refractivity contribution is 0.0992. The molecule has 2 fully saturated rings. The zero-order valence-electron chi connectivity index (χ0n) is 15.3. The number of hydrogen-bond acceptors (Lipinski definition) is 3. The highest BCUT2D eigenvalue weighted by molar-refractivity contribution is 5.80. The van der Waals surface area contributed by atoms with E-state index >= 15 is 0 Å². The maximum Gasteiger partial charge on any atom is 0.191 e. The molecule has 134 valence electrons. The fraction of sp³-hybridized carbons (Fsp3) is 0.944. The average molecular weight is 325 g/mol. The summed E-state index contributed by atoms with van der Waals surface area (Å²) in [7, 11) is 0. The lowest BCUT2D eigenvalue weighted by Crippen LogP contribution is -2.47. The number of hydrogen-bond donors (Lipinski definition) is 2. The molecule has 0 radical (unpaired) electrons. The Hall–Kier alpha value is -0.810. The van der Waals surface area contributed by atoms with Gasteiger partial charge in [-0.05, 0) is 65.1 Å². The monoisotopic (exact) mass is 324 g/mol. The molecule has 0 aromatic rings. The Labute approximate surface area is 142 Å². The van der Waals surface area contributed by atoms with Crippen molar-refractivity contribution in [3.63, 3.8) is 0 Å². The smallest absolute Gasteiger partial charge is 0.191 e. The van der Waals surface area contributed by atoms with Crippen molar-refractivity contribution in [2.24, 2.45) is 4.99 Å². The van der Waals surface area contributed by atoms with Crippen molar-refractivity contribution in [1.29, 1.82) is 0 Å². The molecular weight excluding hydrogens is 288 g/mol. The third-order valence-electron chi connectivity index (χ3n) is 4.75. The van der Waals surface area contributed by atoms with Gasteiger partial charge in [-0.1, -0.05) is 13.8 Å². The van der Waals surface area contributed by atoms with E-state index in [0.717, 1.165) is 38.4 Å². The highest BCUT2D eigenvalue weighted by atomic mass is 16.5. The van der Waals surface area contributed by atoms with Gasteiger partial charge in [-0.3, -0.25) is 4.99 Å². The lowest BCUT2D eigenvalue weighted by atomic mass is 9.96. The summed E-state index contributed by atoms with van der Waals surface area (Å²) in [6.45, 7) is 12.0. The molecule has 2 rings (SSSR count). The third-order valence-corrected chi connectivity index (χ3v) is 4.75. The molecule has 0 aliphatic carbocycles. The van der Waals surface area contributed by atoms with Crippen LogP contribution in [0.25, 0.3) is 0 Å². The van der Waals surface area contributed by atoms with Gasteiger partial charge in [-0.15, -0.1) is 0 Å². The van der Waals surface area contributed by atoms with Crippen LogP contribution < -0.4 is 10.6 Å². The molecule has 3 atom stereocenters. The van der Waals surface area contributed by atoms with Crippen molar-refractivity contribution in [3.05, 3.63) is 0 Å². The van der Waals surface area contributed by atoms with Gasteiger partial charge in [0.25, 0.3) is 0 Å². The highest BCUT2D eigenvalue weighted by Gasteiger charge is 2.41. The molecule has 5 heteroatoms. The zero-order valence-corrected chi connectivity index (χ0v) is 15.3. The quantitative estimate of drug-likeness (QED) is 0.368. The largest absolute Gasteiger partial charge is 0.373 e. The maximum atomic E-state index is 5.92. The van der Waals surface area contributed by atoms with E-state index in [1.807, 2.05) is 0 Å². The average Bonchev–Trinajstić information content (AvgIpc) is 3.14. The van der Waals surface area contributed by atoms with Crippen LogP contribution in [0, 0.1) is 0 Å². The zero-order chi connectivity index (χ0) is 16.5. The molecule has 2 bridgehead atoms. The van der Waals surface area contributed by atoms with Crippen LogP contribution in [0.3, 0.4) is 0 Å². The molecule has 23 heavy (non-hydrogen) atoms. The van der Waals surface area contributed by atoms with Crippen molar-refractivity contribution >= 4 is 5.96 Å². The first kappa shape index (κ1) is 18.5. The third kappa shape index (κ3) is 5.96. The minimum Gasteiger partial charge on any atom is -0.373 e. The molecule has 0 amide bonds. The second-order valence-corrected chi connectivity index (χ2v) is 6.82. The van der Waals surface area contributed by atoms with Gasteiger partial charge < -0.3 is 20.3 Å². The second-order valence-electron chi connectivity index (χ2n) is 6.82. The van der Waals surface area contributed by atoms with Crippen molar-refractivity contribution < 1.29 is 4.74 Å². The number of aliphatic imine (C=N–C) groups is 1. The molecule has 2 heterocycles. The van der Waals surface area contributed by atoms with Crippen LogP contribution in [0.4, 0.5) is 0 Å². The van der Waals surface area contributed by atoms with Crippen LogP contribution >= 0.6 is 0 Å². The predicted molar refractivity (Wildman–Crippen MR) is 97.1 cm³/mol. The van der Waals surface area contributed by atoms with Gasteiger partial charge in [-0.2, -0.15) is 0 Å². The summed E-state index contributed by atoms with van der Waals surface area (Å²) in [6, 6.07) is 0.447. The Morgan fingerprint density at radius 2 is 1.91 bits per heavy atom. The first-order valence-corrected chi connectivity index (χ1v) is 9.69. The Balaban J connectivity index is 1.72. The summed E-state index contributed by atoms with van der Waals surface area (Å²) in [5.41, 5.74) is 0. The van der Waals surface area contributed by atoms with Crippen molar-refractivity contribution in [3.8, 4) is 0 Å². The van der Waals surface area contributed by atoms with E-state index in [0.29, 0.717) is 18.2 Å². The van der Waals surface area contributed by atoms with E-state index in [2.05, 4.69) is 36.3 Å². The number of nitrogens with one attached hydrogen (secondary N) is 2. The molecule has 0 spiro atoms. The second kappa shape index (κ2) is 10.1. The standard InChI is InChI=1S/C18H36N4O/c1-4-11-22(12-5-2)13-7-10-20-18(19-6-3)21-16-14-15-8-9-17(16)23-15/h15-17H,4-14H2,1-3H3,(H2,19,20,21). The number of guanidine groups is 1. The van der Waals surface area contributed by atoms with E-state index in [4.69, 9.17) is 9.73 Å². The number of ether oxygens (including phenoxy) is 1. The molecular formula is C18H36N4O. The molecule has 0 aromatic heterocycles. The van der Waals surface area contributed by atoms with Gasteiger partial charge in [0, 0.05) is 13.1 Å². The normalized spacial score (nSPS) is 27.0. The van der Waals surface area contributed by atoms with Crippen molar-refractivity contribution in [1.82, 2.24) is 15.5 Å². The number of nitrogens with zero attached hydrogens (tertiary/aromatic N) is 2. The Morgan fingerprint density at radius 1 is 1.13 bits per heavy atom. The molecule has 2 saturated heterocycles. The van der Waals surface area contributed by atoms with Crippen LogP contribution in [-0.2, 0) is 4.74 Å². The van der Waals surface area contributed by atoms with E-state index in [-0.39, 0.29) is 0 Å². The van der Waals surface area contributed by atoms with Gasteiger partial charge in [0.15, 0.2) is 5.96 Å². The van der Waals surface area contributed by atoms with Crippen LogP contribution in [0.1, 0.15) is 59.3 Å². The minimum absolute atomic E-state index is 0.397. The summed E-state index contributed by atoms with van der Waals surface area (Å²) < 4.78 is 5.92. The summed E-state index contributed by atoms with van der Waals surface area (Å²) >= 11 is 0. The van der Waals surface area contributed by atoms with Gasteiger partial charge in [-0.25, -0.2) is 0 Å². The summed E-state index contributed by atoms with van der Waals surface area (Å²) in [5.74, 6) is 0.964. The predicted octanol–water partition coefficient (Wildman–Crippen LogP) is 2.37. The van der Waals surface area contributed by atoms with Crippen LogP contribution in [0.2, 0.25) is 0 Å². The minimum atomic E-state index is 0.397. The Morgan fingerprint density at radius 3 is 2.48 bits per heavy atom. The number of rotatable bonds is 10. The SMILES string of the molecule is CCCN(CCC)CCCN=C(NCC)NC1CC2CCC1O2. The Bertz CT molecular complexity index is 355. The molecule has 5 nitrogen and oxygen atoms in total. The van der Waals surface area contributed by atoms with Crippen molar-refractivity contribution in [2.45, 2.75) is 77.5 Å². The maximum absolute atomic E-state index is 5.92. The number of fused-ring (bicyclic) bond motifs is 2. The van der Waals surface area contributed by atoms with Crippen molar-refractivity contribution in [2.75, 3.05) is 32.7 Å². The van der Waals surface area contributed by atoms with E-state index in [1.165, 1.54) is 38.8 Å². The topological polar surface area (TPSA) is 48.9 Å². The Kier molecular flexibility index (Phi) is 8.17. The lowest BCUT2D eigenvalue weighted by Gasteiger charge is -2.23. The van der Waals surface area contributed by atoms with Crippen LogP contribution in [0.15, 0.2) is 4.99 Å². The van der Waals surface area contributed by atoms with Crippen LogP contribution in [-0.4, -0.2) is 61.8 Å². The first-order chi connectivity index (χ1) is 11.3. The molecule has 2 aliphatic heterocycles. The van der Waals surface area contributed by atoms with E-state index < -0.39 is 0 Å². The summed E-state index contributed by atoms with van der Waals surface area (Å²) in [4.78, 5) is 7.32. The van der Waals surface area contributed by atoms with Crippen LogP contribution in [0.5, 0.6) is 0 Å². The molecule has 3 unspecified atom stereocenters. The fourth-order valence-electron chi connectivity index (χ4n) is 3.74. The van der Waals surface area contributed by atoms with Gasteiger partial charge in [0.2, 0.25) is 0 Å². The molecule has 0 aromatic carbocycles. The molecule has 2 N–H and O–H groups in total. The fourth-order valence-corrected chi connectivity index (χ4v) is 3.74. The summed E-state index contributed by atoms with van der Waals surface area (Å²) in [6.07, 6.45) is 8.05. The van der Waals surface area contributed by atoms with Gasteiger partial charge in [0.05, 0.1) is 18.2 Å². The summed E-state index contributed by atoms with van der Waals surface area (Å²) in [5, 5.41) is 6.96. The first-order valence-electron chi connectivity index (χ1n) is 9.69. The van der Waals surface area contributed by atoms with Gasteiger partial charge >= 0.3 is 0 Å².